The average molecular weight is 409 g/mol. The molecule has 1 aromatic heterocycles. The van der Waals surface area contributed by atoms with Crippen LogP contribution in [0.25, 0.3) is 0 Å². The van der Waals surface area contributed by atoms with Crippen molar-refractivity contribution in [1.29, 1.82) is 5.26 Å². The van der Waals surface area contributed by atoms with E-state index in [2.05, 4.69) is 21.4 Å². The maximum Gasteiger partial charge on any atom is 0.271 e. The van der Waals surface area contributed by atoms with E-state index in [0.717, 1.165) is 24.4 Å². The van der Waals surface area contributed by atoms with Crippen LogP contribution in [-0.2, 0) is 4.79 Å². The van der Waals surface area contributed by atoms with Crippen LogP contribution < -0.4 is 10.1 Å². The van der Waals surface area contributed by atoms with E-state index in [1.54, 1.807) is 29.2 Å². The van der Waals surface area contributed by atoms with Crippen molar-refractivity contribution in [3.8, 4) is 11.8 Å². The van der Waals surface area contributed by atoms with Crippen molar-refractivity contribution in [2.45, 2.75) is 39.7 Å². The summed E-state index contributed by atoms with van der Waals surface area (Å²) in [7, 11) is 0. The first kappa shape index (κ1) is 21.4. The van der Waals surface area contributed by atoms with Crippen LogP contribution in [0.4, 0.5) is 0 Å². The fraction of sp³-hybridized carbons (Fsp3) is 0.455. The van der Waals surface area contributed by atoms with Gasteiger partial charge in [0.05, 0.1) is 11.6 Å². The molecule has 2 N–H and O–H groups in total. The van der Waals surface area contributed by atoms with Crippen molar-refractivity contribution >= 4 is 11.8 Å². The number of ether oxygens (including phenoxy) is 1. The minimum Gasteiger partial charge on any atom is -0.484 e. The summed E-state index contributed by atoms with van der Waals surface area (Å²) in [4.78, 5) is 34.0. The first-order valence-electron chi connectivity index (χ1n) is 10.1. The maximum atomic E-state index is 12.5. The van der Waals surface area contributed by atoms with E-state index < -0.39 is 0 Å². The van der Waals surface area contributed by atoms with Gasteiger partial charge in [0.1, 0.15) is 17.3 Å². The van der Waals surface area contributed by atoms with Gasteiger partial charge in [0.2, 0.25) is 0 Å². The zero-order valence-corrected chi connectivity index (χ0v) is 17.6. The van der Waals surface area contributed by atoms with Gasteiger partial charge in [-0.25, -0.2) is 4.98 Å². The number of amides is 2. The molecular weight excluding hydrogens is 382 g/mol. The lowest BCUT2D eigenvalue weighted by molar-refractivity contribution is -0.134. The number of nitrogens with one attached hydrogen (secondary N) is 2. The summed E-state index contributed by atoms with van der Waals surface area (Å²) in [6.45, 7) is 6.87. The standard InChI is InChI=1S/C22H27N5O3/c1-14(25-22(29)21-15(2)24-16(3)26-21)18-7-9-27(10-8-18)20(28)13-30-19-6-4-5-17(11-19)12-23/h4-6,11,14,18H,7-10,13H2,1-3H3,(H,24,26)(H,25,29)/t14-/m0/s1. The highest BCUT2D eigenvalue weighted by molar-refractivity contribution is 5.93. The Labute approximate surface area is 176 Å². The zero-order valence-electron chi connectivity index (χ0n) is 17.6. The number of aromatic nitrogens is 2. The Morgan fingerprint density at radius 2 is 2.10 bits per heavy atom. The molecule has 2 aromatic rings. The third-order valence-electron chi connectivity index (χ3n) is 5.50. The Morgan fingerprint density at radius 3 is 2.73 bits per heavy atom. The number of carbonyl (C=O) groups excluding carboxylic acids is 2. The highest BCUT2D eigenvalue weighted by atomic mass is 16.5. The predicted octanol–water partition coefficient (Wildman–Crippen LogP) is 2.33. The van der Waals surface area contributed by atoms with Gasteiger partial charge in [-0.3, -0.25) is 9.59 Å². The summed E-state index contributed by atoms with van der Waals surface area (Å²) in [5, 5.41) is 12.0. The molecule has 0 aliphatic carbocycles. The van der Waals surface area contributed by atoms with E-state index in [1.165, 1.54) is 0 Å². The summed E-state index contributed by atoms with van der Waals surface area (Å²) in [6, 6.07) is 8.81. The highest BCUT2D eigenvalue weighted by Gasteiger charge is 2.28. The monoisotopic (exact) mass is 409 g/mol. The van der Waals surface area contributed by atoms with Crippen molar-refractivity contribution in [1.82, 2.24) is 20.2 Å². The van der Waals surface area contributed by atoms with E-state index in [-0.39, 0.29) is 24.5 Å². The number of imidazole rings is 1. The van der Waals surface area contributed by atoms with E-state index in [1.807, 2.05) is 20.8 Å². The maximum absolute atomic E-state index is 12.5. The number of carbonyl (C=O) groups is 2. The van der Waals surface area contributed by atoms with Crippen LogP contribution in [0.3, 0.4) is 0 Å². The number of nitriles is 1. The number of benzene rings is 1. The van der Waals surface area contributed by atoms with E-state index in [4.69, 9.17) is 10.00 Å². The molecule has 8 heteroatoms. The van der Waals surface area contributed by atoms with Gasteiger partial charge in [0.15, 0.2) is 6.61 Å². The van der Waals surface area contributed by atoms with E-state index in [0.29, 0.717) is 36.0 Å². The Balaban J connectivity index is 1.45. The van der Waals surface area contributed by atoms with Crippen LogP contribution in [-0.4, -0.2) is 52.4 Å². The summed E-state index contributed by atoms with van der Waals surface area (Å²) in [5.74, 6) is 1.29. The summed E-state index contributed by atoms with van der Waals surface area (Å²) >= 11 is 0. The third kappa shape index (κ3) is 5.17. The first-order valence-corrected chi connectivity index (χ1v) is 10.1. The molecule has 0 saturated carbocycles. The van der Waals surface area contributed by atoms with Gasteiger partial charge in [-0.15, -0.1) is 0 Å². The second-order valence-electron chi connectivity index (χ2n) is 7.70. The molecule has 8 nitrogen and oxygen atoms in total. The van der Waals surface area contributed by atoms with Gasteiger partial charge < -0.3 is 19.9 Å². The van der Waals surface area contributed by atoms with Gasteiger partial charge in [-0.1, -0.05) is 6.07 Å². The Bertz CT molecular complexity index is 954. The molecule has 1 atom stereocenters. The lowest BCUT2D eigenvalue weighted by Crippen LogP contribution is -2.46. The lowest BCUT2D eigenvalue weighted by atomic mass is 9.90. The number of hydrogen-bond acceptors (Lipinski definition) is 5. The van der Waals surface area contributed by atoms with Crippen molar-refractivity contribution in [3.05, 3.63) is 47.0 Å². The van der Waals surface area contributed by atoms with Crippen LogP contribution in [0.15, 0.2) is 24.3 Å². The number of aryl methyl sites for hydroxylation is 2. The van der Waals surface area contributed by atoms with Crippen LogP contribution in [0.5, 0.6) is 5.75 Å². The number of H-pyrrole nitrogens is 1. The average Bonchev–Trinajstić information content (AvgIpc) is 3.10. The van der Waals surface area contributed by atoms with Crippen LogP contribution in [0, 0.1) is 31.1 Å². The first-order chi connectivity index (χ1) is 14.4. The molecule has 30 heavy (non-hydrogen) atoms. The number of rotatable bonds is 6. The molecule has 1 aliphatic rings. The van der Waals surface area contributed by atoms with Gasteiger partial charge in [-0.05, 0) is 57.7 Å². The fourth-order valence-electron chi connectivity index (χ4n) is 3.76. The van der Waals surface area contributed by atoms with Gasteiger partial charge in [0, 0.05) is 24.8 Å². The number of likely N-dealkylation sites (tertiary alicyclic amines) is 1. The molecule has 0 bridgehead atoms. The van der Waals surface area contributed by atoms with Crippen LogP contribution >= 0.6 is 0 Å². The topological polar surface area (TPSA) is 111 Å². The molecular formula is C22H27N5O3. The number of piperidine rings is 1. The van der Waals surface area contributed by atoms with E-state index >= 15 is 0 Å². The lowest BCUT2D eigenvalue weighted by Gasteiger charge is -2.35. The molecule has 0 unspecified atom stereocenters. The molecule has 1 saturated heterocycles. The SMILES string of the molecule is Cc1nc(C(=O)N[C@@H](C)C2CCN(C(=O)COc3cccc(C#N)c3)CC2)c(C)[nH]1. The summed E-state index contributed by atoms with van der Waals surface area (Å²) in [6.07, 6.45) is 1.63. The van der Waals surface area contributed by atoms with Crippen molar-refractivity contribution in [3.63, 3.8) is 0 Å². The van der Waals surface area contributed by atoms with Crippen LogP contribution in [0.2, 0.25) is 0 Å². The minimum absolute atomic E-state index is 0.00358. The van der Waals surface area contributed by atoms with Gasteiger partial charge in [0.25, 0.3) is 11.8 Å². The van der Waals surface area contributed by atoms with Gasteiger partial charge >= 0.3 is 0 Å². The predicted molar refractivity (Wildman–Crippen MR) is 111 cm³/mol. The third-order valence-corrected chi connectivity index (χ3v) is 5.50. The van der Waals surface area contributed by atoms with Crippen molar-refractivity contribution in [2.24, 2.45) is 5.92 Å². The number of aromatic amines is 1. The molecule has 0 radical (unpaired) electrons. The molecule has 2 amide bonds. The molecule has 1 fully saturated rings. The largest absolute Gasteiger partial charge is 0.484 e. The summed E-state index contributed by atoms with van der Waals surface area (Å²) in [5.41, 5.74) is 1.69. The van der Waals surface area contributed by atoms with Crippen LogP contribution in [0.1, 0.15) is 47.3 Å². The van der Waals surface area contributed by atoms with Crippen molar-refractivity contribution in [2.75, 3.05) is 19.7 Å². The van der Waals surface area contributed by atoms with Gasteiger partial charge in [-0.2, -0.15) is 5.26 Å². The molecule has 1 aliphatic heterocycles. The molecule has 1 aromatic carbocycles. The number of nitrogens with zero attached hydrogens (tertiary/aromatic N) is 3. The molecule has 158 valence electrons. The summed E-state index contributed by atoms with van der Waals surface area (Å²) < 4.78 is 5.54. The molecule has 2 heterocycles. The Morgan fingerprint density at radius 1 is 1.37 bits per heavy atom. The smallest absolute Gasteiger partial charge is 0.271 e. The normalized spacial score (nSPS) is 15.3. The molecule has 3 rings (SSSR count). The number of hydrogen-bond donors (Lipinski definition) is 2. The second-order valence-corrected chi connectivity index (χ2v) is 7.70. The highest BCUT2D eigenvalue weighted by Crippen LogP contribution is 2.21. The van der Waals surface area contributed by atoms with Crippen molar-refractivity contribution < 1.29 is 14.3 Å². The molecule has 0 spiro atoms. The second kappa shape index (κ2) is 9.44. The zero-order chi connectivity index (χ0) is 21.7. The van der Waals surface area contributed by atoms with E-state index in [9.17, 15) is 9.59 Å². The Hall–Kier alpha value is -3.34. The quantitative estimate of drug-likeness (QED) is 0.761. The Kier molecular flexibility index (Phi) is 6.72. The minimum atomic E-state index is -0.171. The fourth-order valence-corrected chi connectivity index (χ4v) is 3.76.